The zero-order chi connectivity index (χ0) is 28.8. The van der Waals surface area contributed by atoms with E-state index in [9.17, 15) is 14.0 Å². The molecule has 190 valence electrons. The summed E-state index contributed by atoms with van der Waals surface area (Å²) >= 11 is 6.47. The molecular weight excluding hydrogens is 503 g/mol. The Morgan fingerprint density at radius 3 is 2.86 bits per heavy atom. The number of aromatic amines is 1. The second kappa shape index (κ2) is 9.38. The number of carbonyl (C=O) groups excluding carboxylic acids is 2. The third-order valence-corrected chi connectivity index (χ3v) is 6.29. The Hall–Kier alpha value is -4.15. The fourth-order valence-corrected chi connectivity index (χ4v) is 4.42. The number of ketones is 1. The number of hydrogen-bond acceptors (Lipinski definition) is 7. The maximum absolute atomic E-state index is 14.3. The number of benzene rings is 2. The van der Waals surface area contributed by atoms with Crippen LogP contribution in [0.1, 0.15) is 27.0 Å². The van der Waals surface area contributed by atoms with Crippen LogP contribution in [0.2, 0.25) is 5.02 Å². The molecule has 0 fully saturated rings. The van der Waals surface area contributed by atoms with Crippen molar-refractivity contribution in [3.63, 3.8) is 0 Å². The van der Waals surface area contributed by atoms with Crippen LogP contribution in [0.3, 0.4) is 0 Å². The number of H-pyrrole nitrogens is 1. The Balaban J connectivity index is 1.48. The Labute approximate surface area is 220 Å². The molecule has 0 unspecified atom stereocenters. The van der Waals surface area contributed by atoms with E-state index in [2.05, 4.69) is 20.6 Å². The predicted octanol–water partition coefficient (Wildman–Crippen LogP) is 5.16. The second-order valence-corrected chi connectivity index (χ2v) is 8.97. The maximum atomic E-state index is 14.3. The molecule has 0 saturated heterocycles. The van der Waals surface area contributed by atoms with Gasteiger partial charge in [0.15, 0.2) is 23.1 Å². The first-order valence-electron chi connectivity index (χ1n) is 12.5. The van der Waals surface area contributed by atoms with Crippen molar-refractivity contribution in [2.45, 2.75) is 12.5 Å². The zero-order valence-corrected chi connectivity index (χ0v) is 20.3. The lowest BCUT2D eigenvalue weighted by molar-refractivity contribution is -0.121. The highest BCUT2D eigenvalue weighted by Crippen LogP contribution is 2.40. The first kappa shape index (κ1) is 21.0. The third kappa shape index (κ3) is 4.24. The minimum absolute atomic E-state index is 0.0229. The Morgan fingerprint density at radius 1 is 1.27 bits per heavy atom. The van der Waals surface area contributed by atoms with Crippen LogP contribution < -0.4 is 20.1 Å². The van der Waals surface area contributed by atoms with Gasteiger partial charge < -0.3 is 29.8 Å². The lowest BCUT2D eigenvalue weighted by atomic mass is 9.96. The zero-order valence-electron chi connectivity index (χ0n) is 22.6. The largest absolute Gasteiger partial charge is 0.490 e. The molecule has 1 aliphatic rings. The molecule has 11 heteroatoms. The van der Waals surface area contributed by atoms with Crippen LogP contribution in [-0.2, 0) is 9.53 Å². The molecule has 1 aliphatic heterocycles. The van der Waals surface area contributed by atoms with Gasteiger partial charge in [0.1, 0.15) is 16.9 Å². The Bertz CT molecular complexity index is 1660. The monoisotopic (exact) mass is 527 g/mol. The summed E-state index contributed by atoms with van der Waals surface area (Å²) in [6.45, 7) is 1.76. The van der Waals surface area contributed by atoms with Crippen LogP contribution in [-0.4, -0.2) is 48.0 Å². The fourth-order valence-electron chi connectivity index (χ4n) is 4.17. The fraction of sp³-hybridized carbons (Fsp3) is 0.192. The summed E-state index contributed by atoms with van der Waals surface area (Å²) < 4.78 is 51.8. The van der Waals surface area contributed by atoms with Crippen LogP contribution in [0.4, 0.5) is 15.8 Å². The van der Waals surface area contributed by atoms with Crippen molar-refractivity contribution >= 4 is 45.7 Å². The molecule has 5 rings (SSSR count). The number of halogens is 2. The molecule has 1 atom stereocenters. The molecule has 2 aromatic carbocycles. The molecule has 0 radical (unpaired) electrons. The van der Waals surface area contributed by atoms with Gasteiger partial charge in [0, 0.05) is 24.9 Å². The molecule has 37 heavy (non-hydrogen) atoms. The van der Waals surface area contributed by atoms with E-state index in [-0.39, 0.29) is 40.2 Å². The van der Waals surface area contributed by atoms with E-state index in [1.807, 2.05) is 0 Å². The lowest BCUT2D eigenvalue weighted by Crippen LogP contribution is -2.53. The van der Waals surface area contributed by atoms with Crippen LogP contribution in [0.25, 0.3) is 11.0 Å². The molecule has 0 spiro atoms. The van der Waals surface area contributed by atoms with Crippen molar-refractivity contribution in [3.05, 3.63) is 70.8 Å². The van der Waals surface area contributed by atoms with E-state index in [0.29, 0.717) is 22.4 Å². The SMILES string of the molecule is [2H]C([2H])([2H])Oc1c(F)cccc1Oc1ccc(C(=O)c2c[nH]c3ncc4c(c23)N[C@@](C)(COC)C(=O)N4)c(Cl)c1. The topological polar surface area (TPSA) is 115 Å². The summed E-state index contributed by atoms with van der Waals surface area (Å²) in [6, 6.07) is 7.90. The van der Waals surface area contributed by atoms with E-state index >= 15 is 0 Å². The van der Waals surface area contributed by atoms with Crippen LogP contribution in [0.15, 0.2) is 48.8 Å². The van der Waals surface area contributed by atoms with E-state index in [0.717, 1.165) is 6.07 Å². The normalized spacial score (nSPS) is 18.2. The van der Waals surface area contributed by atoms with Crippen molar-refractivity contribution in [1.82, 2.24) is 9.97 Å². The molecule has 1 amide bonds. The quantitative estimate of drug-likeness (QED) is 0.284. The number of amides is 1. The number of aromatic nitrogens is 2. The first-order chi connectivity index (χ1) is 18.9. The van der Waals surface area contributed by atoms with Gasteiger partial charge in [-0.25, -0.2) is 9.37 Å². The molecule has 0 bridgehead atoms. The molecule has 0 aliphatic carbocycles. The number of nitrogens with zero attached hydrogens (tertiary/aromatic N) is 1. The van der Waals surface area contributed by atoms with Gasteiger partial charge in [0.05, 0.1) is 51.3 Å². The molecule has 3 heterocycles. The van der Waals surface area contributed by atoms with Gasteiger partial charge in [0.2, 0.25) is 0 Å². The van der Waals surface area contributed by atoms with Gasteiger partial charge >= 0.3 is 0 Å². The van der Waals surface area contributed by atoms with E-state index in [1.165, 1.54) is 49.8 Å². The maximum Gasteiger partial charge on any atom is 0.252 e. The van der Waals surface area contributed by atoms with Crippen molar-refractivity contribution in [1.29, 1.82) is 0 Å². The van der Waals surface area contributed by atoms with E-state index < -0.39 is 29.9 Å². The van der Waals surface area contributed by atoms with Gasteiger partial charge in [-0.1, -0.05) is 17.7 Å². The number of hydrogen-bond donors (Lipinski definition) is 3. The van der Waals surface area contributed by atoms with Gasteiger partial charge in [0.25, 0.3) is 5.91 Å². The van der Waals surface area contributed by atoms with Gasteiger partial charge in [-0.05, 0) is 31.2 Å². The summed E-state index contributed by atoms with van der Waals surface area (Å²) in [5.41, 5.74) is 0.595. The summed E-state index contributed by atoms with van der Waals surface area (Å²) in [7, 11) is -1.42. The van der Waals surface area contributed by atoms with Gasteiger partial charge in [-0.3, -0.25) is 9.59 Å². The number of fused-ring (bicyclic) bond motifs is 3. The predicted molar refractivity (Wildman–Crippen MR) is 137 cm³/mol. The number of nitrogens with one attached hydrogen (secondary N) is 3. The second-order valence-electron chi connectivity index (χ2n) is 8.56. The standard InChI is InChI=1S/C26H22ClFN4O5/c1-26(12-35-2)25(34)31-18-11-30-24-20(21(18)32-26)15(10-29-24)22(33)14-8-7-13(9-16(14)27)37-19-6-4-5-17(28)23(19)36-3/h4-11,32H,12H2,1-3H3,(H,29,30)(H,31,34)/t26-/m0/s1/i3D3. The number of anilines is 2. The van der Waals surface area contributed by atoms with Gasteiger partial charge in [-0.2, -0.15) is 0 Å². The molecule has 4 aromatic rings. The van der Waals surface area contributed by atoms with E-state index in [1.54, 1.807) is 6.92 Å². The highest BCUT2D eigenvalue weighted by atomic mass is 35.5. The summed E-state index contributed by atoms with van der Waals surface area (Å²) in [5.74, 6) is -2.34. The van der Waals surface area contributed by atoms with Crippen molar-refractivity contribution < 1.29 is 32.3 Å². The summed E-state index contributed by atoms with van der Waals surface area (Å²) in [6.07, 6.45) is 2.98. The number of ether oxygens (including phenoxy) is 3. The first-order valence-corrected chi connectivity index (χ1v) is 11.4. The smallest absolute Gasteiger partial charge is 0.252 e. The number of rotatable bonds is 7. The molecular formula is C26H22ClFN4O5. The minimum atomic E-state index is -2.90. The summed E-state index contributed by atoms with van der Waals surface area (Å²) in [5, 5.41) is 6.47. The third-order valence-electron chi connectivity index (χ3n) is 5.98. The molecule has 9 nitrogen and oxygen atoms in total. The highest BCUT2D eigenvalue weighted by Gasteiger charge is 2.39. The number of pyridine rings is 1. The molecule has 0 saturated carbocycles. The van der Waals surface area contributed by atoms with Crippen molar-refractivity contribution in [2.24, 2.45) is 0 Å². The molecule has 2 aromatic heterocycles. The Kier molecular flexibility index (Phi) is 5.32. The van der Waals surface area contributed by atoms with Crippen molar-refractivity contribution in [3.8, 4) is 17.2 Å². The number of para-hydroxylation sites is 1. The number of carbonyl (C=O) groups is 2. The summed E-state index contributed by atoms with van der Waals surface area (Å²) in [4.78, 5) is 33.6. The number of methoxy groups -OCH3 is 2. The minimum Gasteiger partial charge on any atom is -0.490 e. The van der Waals surface area contributed by atoms with E-state index in [4.69, 9.17) is 29.9 Å². The van der Waals surface area contributed by atoms with Crippen LogP contribution in [0.5, 0.6) is 17.2 Å². The molecule has 3 N–H and O–H groups in total. The van der Waals surface area contributed by atoms with Gasteiger partial charge in [-0.15, -0.1) is 0 Å². The average Bonchev–Trinajstić information content (AvgIpc) is 3.31. The van der Waals surface area contributed by atoms with Crippen LogP contribution in [0, 0.1) is 5.82 Å². The van der Waals surface area contributed by atoms with Crippen molar-refractivity contribution in [2.75, 3.05) is 31.4 Å². The lowest BCUT2D eigenvalue weighted by Gasteiger charge is -2.35. The average molecular weight is 528 g/mol. The highest BCUT2D eigenvalue weighted by molar-refractivity contribution is 6.36. The van der Waals surface area contributed by atoms with Crippen LogP contribution >= 0.6 is 11.6 Å². The Morgan fingerprint density at radius 2 is 2.11 bits per heavy atom.